The summed E-state index contributed by atoms with van der Waals surface area (Å²) in [5, 5.41) is 3.29. The third-order valence-electron chi connectivity index (χ3n) is 3.05. The Bertz CT molecular complexity index is 652. The van der Waals surface area contributed by atoms with Crippen LogP contribution in [0.3, 0.4) is 0 Å². The third kappa shape index (κ3) is 4.55. The fraction of sp³-hybridized carbons (Fsp3) is 0.188. The van der Waals surface area contributed by atoms with Crippen LogP contribution in [0.4, 0.5) is 10.1 Å². The van der Waals surface area contributed by atoms with Crippen molar-refractivity contribution in [3.63, 3.8) is 0 Å². The highest BCUT2D eigenvalue weighted by atomic mass is 79.9. The second kappa shape index (κ2) is 7.05. The average molecular weight is 371 g/mol. The van der Waals surface area contributed by atoms with Gasteiger partial charge in [-0.05, 0) is 48.7 Å². The van der Waals surface area contributed by atoms with E-state index in [9.17, 15) is 9.18 Å². The molecule has 0 aliphatic carbocycles. The number of hydrogen-bond donors (Lipinski definition) is 1. The first-order valence-corrected chi connectivity index (χ1v) is 7.63. The van der Waals surface area contributed by atoms with Crippen molar-refractivity contribution < 1.29 is 9.18 Å². The second-order valence-electron chi connectivity index (χ2n) is 4.76. The molecule has 0 atom stereocenters. The van der Waals surface area contributed by atoms with Crippen LogP contribution in [0.5, 0.6) is 0 Å². The Morgan fingerprint density at radius 1 is 1.33 bits per heavy atom. The van der Waals surface area contributed by atoms with Gasteiger partial charge in [0.1, 0.15) is 5.82 Å². The molecule has 0 aromatic heterocycles. The molecule has 5 heteroatoms. The van der Waals surface area contributed by atoms with Gasteiger partial charge in [0.2, 0.25) is 5.91 Å². The number of aryl methyl sites for hydroxylation is 2. The predicted molar refractivity (Wildman–Crippen MR) is 87.2 cm³/mol. The number of carbonyl (C=O) groups is 1. The van der Waals surface area contributed by atoms with Crippen molar-refractivity contribution in [2.75, 3.05) is 5.32 Å². The minimum Gasteiger partial charge on any atom is -0.325 e. The Labute approximate surface area is 136 Å². The van der Waals surface area contributed by atoms with Crippen LogP contribution in [-0.2, 0) is 11.2 Å². The van der Waals surface area contributed by atoms with E-state index >= 15 is 0 Å². The molecule has 0 radical (unpaired) electrons. The Hall–Kier alpha value is -1.39. The zero-order chi connectivity index (χ0) is 15.4. The average Bonchev–Trinajstić information content (AvgIpc) is 2.40. The Morgan fingerprint density at radius 2 is 2.10 bits per heavy atom. The summed E-state index contributed by atoms with van der Waals surface area (Å²) in [5.41, 5.74) is 2.29. The molecule has 2 rings (SSSR count). The van der Waals surface area contributed by atoms with Crippen LogP contribution >= 0.6 is 27.5 Å². The number of benzene rings is 2. The second-order valence-corrected chi connectivity index (χ2v) is 6.08. The van der Waals surface area contributed by atoms with Crippen molar-refractivity contribution in [2.45, 2.75) is 19.8 Å². The normalized spacial score (nSPS) is 10.5. The van der Waals surface area contributed by atoms with E-state index in [1.165, 1.54) is 12.1 Å². The number of rotatable bonds is 4. The van der Waals surface area contributed by atoms with Crippen molar-refractivity contribution in [1.82, 2.24) is 0 Å². The number of halogens is 3. The first-order valence-electron chi connectivity index (χ1n) is 6.45. The summed E-state index contributed by atoms with van der Waals surface area (Å²) < 4.78 is 13.9. The van der Waals surface area contributed by atoms with Gasteiger partial charge in [-0.2, -0.15) is 0 Å². The maximum absolute atomic E-state index is 13.1. The molecule has 2 aromatic rings. The highest BCUT2D eigenvalue weighted by molar-refractivity contribution is 9.10. The Morgan fingerprint density at radius 3 is 2.76 bits per heavy atom. The van der Waals surface area contributed by atoms with E-state index in [0.717, 1.165) is 15.6 Å². The largest absolute Gasteiger partial charge is 0.325 e. The van der Waals surface area contributed by atoms with Crippen molar-refractivity contribution in [3.05, 3.63) is 62.8 Å². The summed E-state index contributed by atoms with van der Waals surface area (Å²) in [4.78, 5) is 12.0. The lowest BCUT2D eigenvalue weighted by atomic mass is 10.1. The molecule has 1 amide bonds. The van der Waals surface area contributed by atoms with Gasteiger partial charge >= 0.3 is 0 Å². The van der Waals surface area contributed by atoms with Crippen LogP contribution in [0.25, 0.3) is 0 Å². The maximum Gasteiger partial charge on any atom is 0.224 e. The molecular formula is C16H14BrClFNO. The van der Waals surface area contributed by atoms with Gasteiger partial charge in [0.25, 0.3) is 0 Å². The number of anilines is 1. The van der Waals surface area contributed by atoms with Gasteiger partial charge < -0.3 is 5.32 Å². The quantitative estimate of drug-likeness (QED) is 0.795. The van der Waals surface area contributed by atoms with Gasteiger partial charge in [-0.15, -0.1) is 0 Å². The lowest BCUT2D eigenvalue weighted by molar-refractivity contribution is -0.116. The minimum absolute atomic E-state index is 0.147. The molecule has 2 aromatic carbocycles. The lowest BCUT2D eigenvalue weighted by Crippen LogP contribution is -2.13. The molecular weight excluding hydrogens is 357 g/mol. The standard InChI is InChI=1S/C16H14BrClFNO/c1-10-7-12(17)9-14(18)16(10)20-15(21)6-5-11-3-2-4-13(19)8-11/h2-4,7-9H,5-6H2,1H3,(H,20,21). The molecule has 0 saturated carbocycles. The first-order chi connectivity index (χ1) is 9.95. The smallest absolute Gasteiger partial charge is 0.224 e. The Kier molecular flexibility index (Phi) is 5.37. The van der Waals surface area contributed by atoms with E-state index in [2.05, 4.69) is 21.2 Å². The lowest BCUT2D eigenvalue weighted by Gasteiger charge is -2.11. The van der Waals surface area contributed by atoms with Crippen molar-refractivity contribution in [1.29, 1.82) is 0 Å². The summed E-state index contributed by atoms with van der Waals surface area (Å²) in [7, 11) is 0. The van der Waals surface area contributed by atoms with E-state index in [1.807, 2.05) is 13.0 Å². The van der Waals surface area contributed by atoms with Gasteiger partial charge in [0, 0.05) is 10.9 Å². The summed E-state index contributed by atoms with van der Waals surface area (Å²) >= 11 is 9.47. The Balaban J connectivity index is 1.99. The fourth-order valence-corrected chi connectivity index (χ4v) is 3.03. The molecule has 2 nitrogen and oxygen atoms in total. The van der Waals surface area contributed by atoms with Crippen molar-refractivity contribution >= 4 is 39.1 Å². The van der Waals surface area contributed by atoms with Gasteiger partial charge in [-0.25, -0.2) is 4.39 Å². The zero-order valence-electron chi connectivity index (χ0n) is 11.4. The van der Waals surface area contributed by atoms with E-state index < -0.39 is 0 Å². The molecule has 0 unspecified atom stereocenters. The van der Waals surface area contributed by atoms with E-state index in [1.54, 1.807) is 18.2 Å². The highest BCUT2D eigenvalue weighted by Crippen LogP contribution is 2.29. The molecule has 0 fully saturated rings. The van der Waals surface area contributed by atoms with Crippen LogP contribution in [0, 0.1) is 12.7 Å². The SMILES string of the molecule is Cc1cc(Br)cc(Cl)c1NC(=O)CCc1cccc(F)c1. The maximum atomic E-state index is 13.1. The molecule has 21 heavy (non-hydrogen) atoms. The third-order valence-corrected chi connectivity index (χ3v) is 3.80. The van der Waals surface area contributed by atoms with Crippen molar-refractivity contribution in [2.24, 2.45) is 0 Å². The molecule has 0 spiro atoms. The van der Waals surface area contributed by atoms with Gasteiger partial charge in [0.05, 0.1) is 10.7 Å². The molecule has 1 N–H and O–H groups in total. The predicted octanol–water partition coefficient (Wildman–Crippen LogP) is 5.12. The summed E-state index contributed by atoms with van der Waals surface area (Å²) in [6, 6.07) is 9.87. The number of hydrogen-bond acceptors (Lipinski definition) is 1. The summed E-state index contributed by atoms with van der Waals surface area (Å²) in [6.07, 6.45) is 0.756. The zero-order valence-corrected chi connectivity index (χ0v) is 13.8. The van der Waals surface area contributed by atoms with Crippen LogP contribution < -0.4 is 5.32 Å². The van der Waals surface area contributed by atoms with E-state index in [-0.39, 0.29) is 18.1 Å². The summed E-state index contributed by atoms with van der Waals surface area (Å²) in [6.45, 7) is 1.87. The molecule has 110 valence electrons. The summed E-state index contributed by atoms with van der Waals surface area (Å²) in [5.74, 6) is -0.439. The number of amides is 1. The molecule has 0 bridgehead atoms. The van der Waals surface area contributed by atoms with Crippen LogP contribution in [0.1, 0.15) is 17.5 Å². The van der Waals surface area contributed by atoms with Gasteiger partial charge in [-0.3, -0.25) is 4.79 Å². The van der Waals surface area contributed by atoms with Gasteiger partial charge in [0.15, 0.2) is 0 Å². The molecule has 0 heterocycles. The number of nitrogens with one attached hydrogen (secondary N) is 1. The molecule has 0 saturated heterocycles. The number of carbonyl (C=O) groups excluding carboxylic acids is 1. The van der Waals surface area contributed by atoms with Crippen LogP contribution in [0.15, 0.2) is 40.9 Å². The molecule has 0 aliphatic heterocycles. The first kappa shape index (κ1) is 16.0. The topological polar surface area (TPSA) is 29.1 Å². The fourth-order valence-electron chi connectivity index (χ4n) is 2.01. The molecule has 0 aliphatic rings. The monoisotopic (exact) mass is 369 g/mol. The highest BCUT2D eigenvalue weighted by Gasteiger charge is 2.10. The van der Waals surface area contributed by atoms with E-state index in [0.29, 0.717) is 17.1 Å². The van der Waals surface area contributed by atoms with Crippen molar-refractivity contribution in [3.8, 4) is 0 Å². The minimum atomic E-state index is -0.292. The van der Waals surface area contributed by atoms with Gasteiger partial charge in [-0.1, -0.05) is 39.7 Å². The van der Waals surface area contributed by atoms with Crippen LogP contribution in [0.2, 0.25) is 5.02 Å². The van der Waals surface area contributed by atoms with Crippen LogP contribution in [-0.4, -0.2) is 5.91 Å². The van der Waals surface area contributed by atoms with E-state index in [4.69, 9.17) is 11.6 Å².